The Morgan fingerprint density at radius 1 is 1.45 bits per heavy atom. The lowest BCUT2D eigenvalue weighted by Crippen LogP contribution is -2.43. The molecule has 1 aromatic carbocycles. The summed E-state index contributed by atoms with van der Waals surface area (Å²) in [5.74, 6) is 0.845. The third-order valence-electron chi connectivity index (χ3n) is 3.42. The highest BCUT2D eigenvalue weighted by Crippen LogP contribution is 2.29. The van der Waals surface area contributed by atoms with Crippen LogP contribution in [-0.4, -0.2) is 34.3 Å². The largest absolute Gasteiger partial charge is 0.338 e. The van der Waals surface area contributed by atoms with Crippen LogP contribution in [0.2, 0.25) is 0 Å². The second-order valence-corrected chi connectivity index (χ2v) is 5.73. The van der Waals surface area contributed by atoms with Crippen molar-refractivity contribution in [2.24, 2.45) is 5.73 Å². The Bertz CT molecular complexity index is 615. The van der Waals surface area contributed by atoms with Crippen LogP contribution in [0.25, 0.3) is 11.4 Å². The summed E-state index contributed by atoms with van der Waals surface area (Å²) in [6, 6.07) is 4.99. The maximum absolute atomic E-state index is 13.5. The Labute approximate surface area is 124 Å². The van der Waals surface area contributed by atoms with Gasteiger partial charge < -0.3 is 10.6 Å². The molecule has 3 N–H and O–H groups in total. The molecule has 0 radical (unpaired) electrons. The second kappa shape index (κ2) is 5.49. The molecule has 0 aliphatic carbocycles. The van der Waals surface area contributed by atoms with Crippen LogP contribution in [0.4, 0.5) is 10.3 Å². The zero-order valence-corrected chi connectivity index (χ0v) is 12.4. The molecular weight excluding hydrogens is 325 g/mol. The van der Waals surface area contributed by atoms with E-state index in [0.29, 0.717) is 21.8 Å². The fourth-order valence-corrected chi connectivity index (χ4v) is 2.85. The van der Waals surface area contributed by atoms with Gasteiger partial charge in [0.2, 0.25) is 5.95 Å². The van der Waals surface area contributed by atoms with Crippen LogP contribution in [0.15, 0.2) is 22.7 Å². The number of aromatic amines is 1. The van der Waals surface area contributed by atoms with Crippen molar-refractivity contribution in [2.45, 2.75) is 18.9 Å². The Hall–Kier alpha value is -1.47. The first-order valence-corrected chi connectivity index (χ1v) is 7.32. The average Bonchev–Trinajstić information content (AvgIpc) is 2.91. The molecular formula is C13H15BrFN5. The summed E-state index contributed by atoms with van der Waals surface area (Å²) < 4.78 is 13.9. The van der Waals surface area contributed by atoms with Crippen molar-refractivity contribution in [1.29, 1.82) is 0 Å². The lowest BCUT2D eigenvalue weighted by Gasteiger charge is -2.29. The predicted octanol–water partition coefficient (Wildman–Crippen LogP) is 2.30. The first-order chi connectivity index (χ1) is 9.65. The van der Waals surface area contributed by atoms with E-state index in [4.69, 9.17) is 5.73 Å². The van der Waals surface area contributed by atoms with Crippen molar-refractivity contribution in [3.63, 3.8) is 0 Å². The predicted molar refractivity (Wildman–Crippen MR) is 78.9 cm³/mol. The number of H-pyrrole nitrogens is 1. The average molecular weight is 340 g/mol. The van der Waals surface area contributed by atoms with Crippen LogP contribution in [0, 0.1) is 5.82 Å². The van der Waals surface area contributed by atoms with Gasteiger partial charge in [0.1, 0.15) is 5.82 Å². The van der Waals surface area contributed by atoms with Crippen LogP contribution >= 0.6 is 15.9 Å². The van der Waals surface area contributed by atoms with Crippen molar-refractivity contribution in [1.82, 2.24) is 15.2 Å². The van der Waals surface area contributed by atoms with Gasteiger partial charge in [-0.25, -0.2) is 4.39 Å². The Balaban J connectivity index is 1.88. The van der Waals surface area contributed by atoms with Crippen molar-refractivity contribution >= 4 is 21.9 Å². The number of halogens is 2. The van der Waals surface area contributed by atoms with Gasteiger partial charge in [0.25, 0.3) is 0 Å². The second-order valence-electron chi connectivity index (χ2n) is 4.93. The van der Waals surface area contributed by atoms with Gasteiger partial charge in [-0.2, -0.15) is 4.98 Å². The highest BCUT2D eigenvalue weighted by atomic mass is 79.9. The number of benzene rings is 1. The summed E-state index contributed by atoms with van der Waals surface area (Å²) >= 11 is 3.24. The van der Waals surface area contributed by atoms with Crippen molar-refractivity contribution in [3.8, 4) is 11.4 Å². The van der Waals surface area contributed by atoms with E-state index in [-0.39, 0.29) is 11.9 Å². The van der Waals surface area contributed by atoms with Gasteiger partial charge in [-0.1, -0.05) is 6.07 Å². The molecule has 7 heteroatoms. The normalized spacial score (nSPS) is 19.4. The maximum Gasteiger partial charge on any atom is 0.245 e. The zero-order valence-electron chi connectivity index (χ0n) is 10.8. The quantitative estimate of drug-likeness (QED) is 0.880. The van der Waals surface area contributed by atoms with Gasteiger partial charge in [0.05, 0.1) is 4.47 Å². The zero-order chi connectivity index (χ0) is 14.1. The standard InChI is InChI=1S/C13H15BrFN5/c14-11-9(4-1-5-10(11)15)12-17-13(19-18-12)20-6-2-3-8(16)7-20/h1,4-5,8H,2-3,6-7,16H2,(H,17,18,19). The number of anilines is 1. The molecule has 2 heterocycles. The first kappa shape index (κ1) is 13.5. The summed E-state index contributed by atoms with van der Waals surface area (Å²) in [7, 11) is 0. The summed E-state index contributed by atoms with van der Waals surface area (Å²) in [5, 5.41) is 7.07. The highest BCUT2D eigenvalue weighted by molar-refractivity contribution is 9.10. The topological polar surface area (TPSA) is 70.8 Å². The van der Waals surface area contributed by atoms with E-state index in [9.17, 15) is 4.39 Å². The molecule has 1 fully saturated rings. The third kappa shape index (κ3) is 2.55. The molecule has 1 atom stereocenters. The summed E-state index contributed by atoms with van der Waals surface area (Å²) in [4.78, 5) is 6.50. The van der Waals surface area contributed by atoms with Crippen LogP contribution in [-0.2, 0) is 0 Å². The SMILES string of the molecule is NC1CCCN(c2n[nH]c(-c3cccc(F)c3Br)n2)C1. The van der Waals surface area contributed by atoms with E-state index in [1.54, 1.807) is 12.1 Å². The van der Waals surface area contributed by atoms with Gasteiger partial charge >= 0.3 is 0 Å². The van der Waals surface area contributed by atoms with Gasteiger partial charge in [0, 0.05) is 24.7 Å². The number of aromatic nitrogens is 3. The van der Waals surface area contributed by atoms with Crippen molar-refractivity contribution in [3.05, 3.63) is 28.5 Å². The monoisotopic (exact) mass is 339 g/mol. The van der Waals surface area contributed by atoms with E-state index in [0.717, 1.165) is 25.9 Å². The number of nitrogens with one attached hydrogen (secondary N) is 1. The van der Waals surface area contributed by atoms with E-state index >= 15 is 0 Å². The number of nitrogens with zero attached hydrogens (tertiary/aromatic N) is 3. The molecule has 0 amide bonds. The molecule has 2 aromatic rings. The van der Waals surface area contributed by atoms with E-state index < -0.39 is 0 Å². The van der Waals surface area contributed by atoms with Crippen LogP contribution in [0.1, 0.15) is 12.8 Å². The number of piperidine rings is 1. The lowest BCUT2D eigenvalue weighted by molar-refractivity contribution is 0.500. The molecule has 0 bridgehead atoms. The van der Waals surface area contributed by atoms with Crippen LogP contribution in [0.3, 0.4) is 0 Å². The minimum absolute atomic E-state index is 0.159. The molecule has 20 heavy (non-hydrogen) atoms. The van der Waals surface area contributed by atoms with Gasteiger partial charge in [-0.15, -0.1) is 5.10 Å². The Morgan fingerprint density at radius 3 is 3.10 bits per heavy atom. The first-order valence-electron chi connectivity index (χ1n) is 6.52. The Morgan fingerprint density at radius 2 is 2.30 bits per heavy atom. The molecule has 1 aliphatic heterocycles. The molecule has 1 saturated heterocycles. The minimum atomic E-state index is -0.319. The molecule has 3 rings (SSSR count). The summed E-state index contributed by atoms with van der Waals surface area (Å²) in [6.07, 6.45) is 2.07. The molecule has 1 aromatic heterocycles. The van der Waals surface area contributed by atoms with Crippen molar-refractivity contribution in [2.75, 3.05) is 18.0 Å². The van der Waals surface area contributed by atoms with E-state index in [1.165, 1.54) is 6.07 Å². The minimum Gasteiger partial charge on any atom is -0.338 e. The molecule has 0 spiro atoms. The summed E-state index contributed by atoms with van der Waals surface area (Å²) in [6.45, 7) is 1.65. The van der Waals surface area contributed by atoms with Crippen LogP contribution < -0.4 is 10.6 Å². The third-order valence-corrected chi connectivity index (χ3v) is 4.23. The lowest BCUT2D eigenvalue weighted by atomic mass is 10.1. The molecule has 0 saturated carbocycles. The Kier molecular flexibility index (Phi) is 3.71. The molecule has 5 nitrogen and oxygen atoms in total. The number of hydrogen-bond acceptors (Lipinski definition) is 4. The maximum atomic E-state index is 13.5. The van der Waals surface area contributed by atoms with Gasteiger partial charge in [-0.05, 0) is 40.9 Å². The fourth-order valence-electron chi connectivity index (χ4n) is 2.39. The van der Waals surface area contributed by atoms with E-state index in [1.807, 2.05) is 0 Å². The number of nitrogens with two attached hydrogens (primary N) is 1. The summed E-state index contributed by atoms with van der Waals surface area (Å²) in [5.41, 5.74) is 6.62. The molecule has 1 unspecified atom stereocenters. The number of rotatable bonds is 2. The van der Waals surface area contributed by atoms with Crippen LogP contribution in [0.5, 0.6) is 0 Å². The molecule has 1 aliphatic rings. The van der Waals surface area contributed by atoms with E-state index in [2.05, 4.69) is 36.0 Å². The fraction of sp³-hybridized carbons (Fsp3) is 0.385. The van der Waals surface area contributed by atoms with Crippen molar-refractivity contribution < 1.29 is 4.39 Å². The van der Waals surface area contributed by atoms with Gasteiger partial charge in [-0.3, -0.25) is 5.10 Å². The van der Waals surface area contributed by atoms with Gasteiger partial charge in [0.15, 0.2) is 5.82 Å². The molecule has 106 valence electrons. The smallest absolute Gasteiger partial charge is 0.245 e. The highest BCUT2D eigenvalue weighted by Gasteiger charge is 2.21. The number of hydrogen-bond donors (Lipinski definition) is 2.